The van der Waals surface area contributed by atoms with Gasteiger partial charge in [0.1, 0.15) is 11.5 Å². The van der Waals surface area contributed by atoms with E-state index in [0.29, 0.717) is 5.21 Å². The molecule has 0 N–H and O–H groups in total. The molecule has 1 aromatic rings. The van der Waals surface area contributed by atoms with Crippen LogP contribution in [-0.4, -0.2) is 5.21 Å². The van der Waals surface area contributed by atoms with E-state index in [-0.39, 0.29) is 0 Å². The van der Waals surface area contributed by atoms with Crippen LogP contribution < -0.4 is 0 Å². The minimum atomic E-state index is 0.627. The highest BCUT2D eigenvalue weighted by Gasteiger charge is 1.98. The lowest BCUT2D eigenvalue weighted by Crippen LogP contribution is -1.74. The molecule has 11 heavy (non-hydrogen) atoms. The second-order valence-electron chi connectivity index (χ2n) is 2.18. The van der Waals surface area contributed by atoms with Crippen molar-refractivity contribution in [2.75, 3.05) is 5.21 Å². The first-order valence-corrected chi connectivity index (χ1v) is 5.27. The average Bonchev–Trinajstić information content (AvgIpc) is 2.48. The summed E-state index contributed by atoms with van der Waals surface area (Å²) in [6, 6.07) is 4.03. The predicted molar refractivity (Wildman–Crippen MR) is 50.1 cm³/mol. The van der Waals surface area contributed by atoms with Crippen LogP contribution >= 0.6 is 23.4 Å². The highest BCUT2D eigenvalue weighted by molar-refractivity contribution is 7.99. The molecule has 0 saturated heterocycles. The second-order valence-corrected chi connectivity index (χ2v) is 3.75. The number of halogens is 1. The minimum Gasteiger partial charge on any atom is -0.465 e. The summed E-state index contributed by atoms with van der Waals surface area (Å²) in [5.41, 5.74) is 0. The zero-order valence-electron chi connectivity index (χ0n) is 6.47. The van der Waals surface area contributed by atoms with E-state index in [9.17, 15) is 0 Å². The van der Waals surface area contributed by atoms with Crippen LogP contribution in [0.5, 0.6) is 0 Å². The topological polar surface area (TPSA) is 13.1 Å². The minimum absolute atomic E-state index is 0.627. The second kappa shape index (κ2) is 4.73. The van der Waals surface area contributed by atoms with Crippen molar-refractivity contribution in [1.29, 1.82) is 0 Å². The number of hydrogen-bond donors (Lipinski definition) is 0. The molecule has 1 rings (SSSR count). The Morgan fingerprint density at radius 1 is 1.45 bits per heavy atom. The number of rotatable bonds is 4. The SMILES string of the molecule is CCc1ccc(CSCCl)o1. The Labute approximate surface area is 76.1 Å². The Balaban J connectivity index is 2.44. The van der Waals surface area contributed by atoms with Crippen LogP contribution in [0.1, 0.15) is 18.4 Å². The molecule has 0 aromatic carbocycles. The zero-order valence-corrected chi connectivity index (χ0v) is 8.04. The molecule has 0 unspecified atom stereocenters. The van der Waals surface area contributed by atoms with Crippen LogP contribution in [0.4, 0.5) is 0 Å². The van der Waals surface area contributed by atoms with Crippen LogP contribution in [0.25, 0.3) is 0 Å². The summed E-state index contributed by atoms with van der Waals surface area (Å²) in [5, 5.41) is 0.627. The summed E-state index contributed by atoms with van der Waals surface area (Å²) >= 11 is 7.17. The third-order valence-corrected chi connectivity index (χ3v) is 2.49. The lowest BCUT2D eigenvalue weighted by Gasteiger charge is -1.92. The van der Waals surface area contributed by atoms with Crippen molar-refractivity contribution in [3.8, 4) is 0 Å². The molecule has 1 nitrogen and oxygen atoms in total. The van der Waals surface area contributed by atoms with Gasteiger partial charge in [0.05, 0.1) is 11.0 Å². The monoisotopic (exact) mass is 190 g/mol. The van der Waals surface area contributed by atoms with Crippen molar-refractivity contribution in [3.05, 3.63) is 23.7 Å². The molecule has 0 amide bonds. The maximum atomic E-state index is 5.51. The smallest absolute Gasteiger partial charge is 0.114 e. The van der Waals surface area contributed by atoms with E-state index in [0.717, 1.165) is 23.7 Å². The first kappa shape index (κ1) is 9.01. The molecular weight excluding hydrogens is 180 g/mol. The van der Waals surface area contributed by atoms with E-state index in [1.54, 1.807) is 11.8 Å². The third-order valence-electron chi connectivity index (χ3n) is 1.39. The Bertz CT molecular complexity index is 210. The van der Waals surface area contributed by atoms with Gasteiger partial charge < -0.3 is 4.42 Å². The zero-order chi connectivity index (χ0) is 8.10. The normalized spacial score (nSPS) is 10.4. The van der Waals surface area contributed by atoms with Crippen LogP contribution in [0.2, 0.25) is 0 Å². The quantitative estimate of drug-likeness (QED) is 0.677. The molecule has 0 spiro atoms. The maximum absolute atomic E-state index is 5.51. The lowest BCUT2D eigenvalue weighted by atomic mass is 10.4. The van der Waals surface area contributed by atoms with Gasteiger partial charge in [-0.15, -0.1) is 23.4 Å². The molecule has 1 aromatic heterocycles. The first-order valence-electron chi connectivity index (χ1n) is 3.58. The standard InChI is InChI=1S/C8H11ClOS/c1-2-7-3-4-8(10-7)5-11-6-9/h3-4H,2,5-6H2,1H3. The van der Waals surface area contributed by atoms with Crippen molar-refractivity contribution in [1.82, 2.24) is 0 Å². The molecule has 0 fully saturated rings. The summed E-state index contributed by atoms with van der Waals surface area (Å²) in [6.45, 7) is 2.08. The molecule has 0 aliphatic heterocycles. The Hall–Kier alpha value is -0.0800. The van der Waals surface area contributed by atoms with Gasteiger partial charge in [-0.2, -0.15) is 0 Å². The first-order chi connectivity index (χ1) is 5.36. The van der Waals surface area contributed by atoms with Gasteiger partial charge >= 0.3 is 0 Å². The molecule has 0 atom stereocenters. The Morgan fingerprint density at radius 3 is 2.73 bits per heavy atom. The molecule has 0 radical (unpaired) electrons. The number of aryl methyl sites for hydroxylation is 1. The fourth-order valence-corrected chi connectivity index (χ4v) is 1.49. The van der Waals surface area contributed by atoms with E-state index >= 15 is 0 Å². The maximum Gasteiger partial charge on any atom is 0.114 e. The fraction of sp³-hybridized carbons (Fsp3) is 0.500. The number of alkyl halides is 1. The Kier molecular flexibility index (Phi) is 3.87. The summed E-state index contributed by atoms with van der Waals surface area (Å²) < 4.78 is 5.46. The molecule has 3 heteroatoms. The van der Waals surface area contributed by atoms with Crippen LogP contribution in [0, 0.1) is 0 Å². The Morgan fingerprint density at radius 2 is 2.18 bits per heavy atom. The molecule has 1 heterocycles. The van der Waals surface area contributed by atoms with Gasteiger partial charge in [-0.25, -0.2) is 0 Å². The van der Waals surface area contributed by atoms with E-state index in [1.807, 2.05) is 12.1 Å². The van der Waals surface area contributed by atoms with Crippen molar-refractivity contribution >= 4 is 23.4 Å². The van der Waals surface area contributed by atoms with Gasteiger partial charge in [-0.3, -0.25) is 0 Å². The molecule has 0 saturated carbocycles. The summed E-state index contributed by atoms with van der Waals surface area (Å²) in [5.74, 6) is 2.95. The summed E-state index contributed by atoms with van der Waals surface area (Å²) in [7, 11) is 0. The molecule has 62 valence electrons. The van der Waals surface area contributed by atoms with E-state index in [4.69, 9.17) is 16.0 Å². The third kappa shape index (κ3) is 2.80. The highest BCUT2D eigenvalue weighted by Crippen LogP contribution is 2.16. The van der Waals surface area contributed by atoms with Gasteiger partial charge in [0.15, 0.2) is 0 Å². The molecule has 0 aliphatic carbocycles. The molecular formula is C8H11ClOS. The van der Waals surface area contributed by atoms with Crippen LogP contribution in [0.3, 0.4) is 0 Å². The number of furan rings is 1. The van der Waals surface area contributed by atoms with Crippen molar-refractivity contribution in [2.24, 2.45) is 0 Å². The predicted octanol–water partition coefficient (Wildman–Crippen LogP) is 3.27. The van der Waals surface area contributed by atoms with Crippen molar-refractivity contribution in [3.63, 3.8) is 0 Å². The van der Waals surface area contributed by atoms with E-state index in [1.165, 1.54) is 0 Å². The van der Waals surface area contributed by atoms with Crippen molar-refractivity contribution in [2.45, 2.75) is 19.1 Å². The van der Waals surface area contributed by atoms with Crippen LogP contribution in [0.15, 0.2) is 16.5 Å². The lowest BCUT2D eigenvalue weighted by molar-refractivity contribution is 0.486. The van der Waals surface area contributed by atoms with Gasteiger partial charge in [0.25, 0.3) is 0 Å². The number of thioether (sulfide) groups is 1. The average molecular weight is 191 g/mol. The molecule has 0 bridgehead atoms. The van der Waals surface area contributed by atoms with Gasteiger partial charge in [-0.1, -0.05) is 6.92 Å². The van der Waals surface area contributed by atoms with Gasteiger partial charge in [-0.05, 0) is 12.1 Å². The van der Waals surface area contributed by atoms with Gasteiger partial charge in [0, 0.05) is 6.42 Å². The highest BCUT2D eigenvalue weighted by atomic mass is 35.5. The van der Waals surface area contributed by atoms with Crippen molar-refractivity contribution < 1.29 is 4.42 Å². The molecule has 0 aliphatic rings. The number of hydrogen-bond acceptors (Lipinski definition) is 2. The van der Waals surface area contributed by atoms with E-state index < -0.39 is 0 Å². The summed E-state index contributed by atoms with van der Waals surface area (Å²) in [4.78, 5) is 0. The largest absolute Gasteiger partial charge is 0.465 e. The summed E-state index contributed by atoms with van der Waals surface area (Å²) in [6.07, 6.45) is 0.964. The fourth-order valence-electron chi connectivity index (χ4n) is 0.829. The van der Waals surface area contributed by atoms with E-state index in [2.05, 4.69) is 6.92 Å². The van der Waals surface area contributed by atoms with Gasteiger partial charge in [0.2, 0.25) is 0 Å². The van der Waals surface area contributed by atoms with Crippen LogP contribution in [-0.2, 0) is 12.2 Å².